The van der Waals surface area contributed by atoms with Crippen LogP contribution in [0.2, 0.25) is 0 Å². The van der Waals surface area contributed by atoms with Gasteiger partial charge in [0.1, 0.15) is 11.5 Å². The van der Waals surface area contributed by atoms with Crippen LogP contribution in [-0.4, -0.2) is 20.3 Å². The fourth-order valence-electron chi connectivity index (χ4n) is 1.95. The molecule has 0 saturated heterocycles. The number of ether oxygens (including phenoxy) is 2. The molecule has 0 aromatic heterocycles. The highest BCUT2D eigenvalue weighted by Gasteiger charge is 2.11. The third kappa shape index (κ3) is 3.66. The van der Waals surface area contributed by atoms with E-state index >= 15 is 0 Å². The molecule has 110 valence electrons. The summed E-state index contributed by atoms with van der Waals surface area (Å²) in [5.74, 6) is 1.27. The summed E-state index contributed by atoms with van der Waals surface area (Å²) in [7, 11) is 3.14. The molecule has 5 heteroatoms. The van der Waals surface area contributed by atoms with Crippen LogP contribution in [0.3, 0.4) is 0 Å². The number of carbonyl (C=O) groups is 1. The van der Waals surface area contributed by atoms with E-state index in [1.165, 1.54) is 0 Å². The molecule has 0 aliphatic rings. The maximum Gasteiger partial charge on any atom is 0.323 e. The number of nitrogens with one attached hydrogen (secondary N) is 2. The van der Waals surface area contributed by atoms with E-state index in [1.54, 1.807) is 20.3 Å². The van der Waals surface area contributed by atoms with Crippen LogP contribution < -0.4 is 20.1 Å². The number of amides is 2. The molecule has 0 aliphatic heterocycles. The van der Waals surface area contributed by atoms with Crippen molar-refractivity contribution < 1.29 is 14.3 Å². The minimum Gasteiger partial charge on any atom is -0.496 e. The average molecular weight is 286 g/mol. The molecule has 0 heterocycles. The zero-order chi connectivity index (χ0) is 15.2. The molecule has 2 N–H and O–H groups in total. The Balaban J connectivity index is 2.16. The Bertz CT molecular complexity index is 627. The van der Waals surface area contributed by atoms with Gasteiger partial charge in [-0.3, -0.25) is 0 Å². The number of hydrogen-bond donors (Lipinski definition) is 2. The van der Waals surface area contributed by atoms with E-state index in [-0.39, 0.29) is 6.03 Å². The molecule has 2 rings (SSSR count). The minimum absolute atomic E-state index is 0.342. The van der Waals surface area contributed by atoms with Crippen LogP contribution in [0.1, 0.15) is 5.56 Å². The molecule has 5 nitrogen and oxygen atoms in total. The topological polar surface area (TPSA) is 59.6 Å². The number of para-hydroxylation sites is 1. The van der Waals surface area contributed by atoms with Gasteiger partial charge in [0, 0.05) is 11.8 Å². The van der Waals surface area contributed by atoms with E-state index in [1.807, 2.05) is 43.3 Å². The van der Waals surface area contributed by atoms with Crippen molar-refractivity contribution in [1.82, 2.24) is 0 Å². The molecule has 0 bridgehead atoms. The standard InChI is InChI=1S/C16H18N2O3/c1-11-9-15(21-3)13(10-14(11)20-2)18-16(19)17-12-7-5-4-6-8-12/h4-10H,1-3H3,(H2,17,18,19). The van der Waals surface area contributed by atoms with Crippen molar-refractivity contribution in [3.05, 3.63) is 48.0 Å². The number of rotatable bonds is 4. The molecule has 21 heavy (non-hydrogen) atoms. The molecule has 2 amide bonds. The van der Waals surface area contributed by atoms with Crippen molar-refractivity contribution >= 4 is 17.4 Å². The van der Waals surface area contributed by atoms with Gasteiger partial charge in [-0.2, -0.15) is 0 Å². The number of carbonyl (C=O) groups excluding carboxylic acids is 1. The second-order valence-corrected chi connectivity index (χ2v) is 4.47. The Labute approximate surface area is 123 Å². The van der Waals surface area contributed by atoms with Gasteiger partial charge in [0.25, 0.3) is 0 Å². The molecule has 0 fully saturated rings. The number of aryl methyl sites for hydroxylation is 1. The quantitative estimate of drug-likeness (QED) is 0.901. The molecule has 0 radical (unpaired) electrons. The van der Waals surface area contributed by atoms with Crippen molar-refractivity contribution in [2.75, 3.05) is 24.9 Å². The highest BCUT2D eigenvalue weighted by Crippen LogP contribution is 2.32. The predicted octanol–water partition coefficient (Wildman–Crippen LogP) is 3.66. The van der Waals surface area contributed by atoms with Gasteiger partial charge in [0.05, 0.1) is 19.9 Å². The van der Waals surface area contributed by atoms with E-state index in [9.17, 15) is 4.79 Å². The van der Waals surface area contributed by atoms with Crippen LogP contribution in [0.15, 0.2) is 42.5 Å². The maximum atomic E-state index is 12.0. The minimum atomic E-state index is -0.342. The van der Waals surface area contributed by atoms with Crippen molar-refractivity contribution in [3.63, 3.8) is 0 Å². The summed E-state index contributed by atoms with van der Waals surface area (Å²) in [5, 5.41) is 5.50. The van der Waals surface area contributed by atoms with Crippen molar-refractivity contribution in [1.29, 1.82) is 0 Å². The Hall–Kier alpha value is -2.69. The normalized spacial score (nSPS) is 9.86. The number of anilines is 2. The third-order valence-electron chi connectivity index (χ3n) is 3.00. The van der Waals surface area contributed by atoms with Gasteiger partial charge < -0.3 is 20.1 Å². The smallest absolute Gasteiger partial charge is 0.323 e. The molecular weight excluding hydrogens is 268 g/mol. The van der Waals surface area contributed by atoms with Gasteiger partial charge in [-0.15, -0.1) is 0 Å². The number of methoxy groups -OCH3 is 2. The van der Waals surface area contributed by atoms with E-state index in [4.69, 9.17) is 9.47 Å². The third-order valence-corrected chi connectivity index (χ3v) is 3.00. The van der Waals surface area contributed by atoms with Crippen LogP contribution in [-0.2, 0) is 0 Å². The summed E-state index contributed by atoms with van der Waals surface area (Å²) in [6.45, 7) is 1.91. The lowest BCUT2D eigenvalue weighted by Gasteiger charge is -2.14. The summed E-state index contributed by atoms with van der Waals surface area (Å²) in [6.07, 6.45) is 0. The second kappa shape index (κ2) is 6.65. The fraction of sp³-hybridized carbons (Fsp3) is 0.188. The molecule has 0 atom stereocenters. The predicted molar refractivity (Wildman–Crippen MR) is 83.4 cm³/mol. The van der Waals surface area contributed by atoms with Crippen molar-refractivity contribution in [2.24, 2.45) is 0 Å². The molecule has 0 aliphatic carbocycles. The molecular formula is C16H18N2O3. The van der Waals surface area contributed by atoms with Crippen LogP contribution >= 0.6 is 0 Å². The summed E-state index contributed by atoms with van der Waals surface area (Å²) in [5.41, 5.74) is 2.20. The summed E-state index contributed by atoms with van der Waals surface area (Å²) >= 11 is 0. The first-order valence-electron chi connectivity index (χ1n) is 6.49. The van der Waals surface area contributed by atoms with E-state index in [0.29, 0.717) is 22.9 Å². The average Bonchev–Trinajstić information content (AvgIpc) is 2.49. The van der Waals surface area contributed by atoms with Gasteiger partial charge in [-0.1, -0.05) is 18.2 Å². The summed E-state index contributed by atoms with van der Waals surface area (Å²) < 4.78 is 10.5. The lowest BCUT2D eigenvalue weighted by atomic mass is 10.2. The van der Waals surface area contributed by atoms with E-state index in [0.717, 1.165) is 5.56 Å². The molecule has 2 aromatic carbocycles. The van der Waals surface area contributed by atoms with E-state index < -0.39 is 0 Å². The van der Waals surface area contributed by atoms with Crippen molar-refractivity contribution in [3.8, 4) is 11.5 Å². The molecule has 0 spiro atoms. The highest BCUT2D eigenvalue weighted by molar-refractivity contribution is 6.00. The van der Waals surface area contributed by atoms with Gasteiger partial charge in [-0.25, -0.2) is 4.79 Å². The van der Waals surface area contributed by atoms with Gasteiger partial charge in [-0.05, 0) is 30.7 Å². The lowest BCUT2D eigenvalue weighted by Crippen LogP contribution is -2.19. The highest BCUT2D eigenvalue weighted by atomic mass is 16.5. The number of urea groups is 1. The second-order valence-electron chi connectivity index (χ2n) is 4.47. The Morgan fingerprint density at radius 1 is 0.952 bits per heavy atom. The summed E-state index contributed by atoms with van der Waals surface area (Å²) in [4.78, 5) is 12.0. The van der Waals surface area contributed by atoms with Crippen LogP contribution in [0, 0.1) is 6.92 Å². The summed E-state index contributed by atoms with van der Waals surface area (Å²) in [6, 6.07) is 12.4. The number of hydrogen-bond acceptors (Lipinski definition) is 3. The Kier molecular flexibility index (Phi) is 4.66. The first-order chi connectivity index (χ1) is 10.1. The van der Waals surface area contributed by atoms with Gasteiger partial charge in [0.15, 0.2) is 0 Å². The lowest BCUT2D eigenvalue weighted by molar-refractivity contribution is 0.262. The molecule has 0 saturated carbocycles. The zero-order valence-electron chi connectivity index (χ0n) is 12.3. The fourth-order valence-corrected chi connectivity index (χ4v) is 1.95. The van der Waals surface area contributed by atoms with Crippen LogP contribution in [0.5, 0.6) is 11.5 Å². The zero-order valence-corrected chi connectivity index (χ0v) is 12.3. The first kappa shape index (κ1) is 14.7. The van der Waals surface area contributed by atoms with Crippen LogP contribution in [0.4, 0.5) is 16.2 Å². The first-order valence-corrected chi connectivity index (χ1v) is 6.49. The van der Waals surface area contributed by atoms with E-state index in [2.05, 4.69) is 10.6 Å². The maximum absolute atomic E-state index is 12.0. The Morgan fingerprint density at radius 3 is 2.24 bits per heavy atom. The van der Waals surface area contributed by atoms with Crippen LogP contribution in [0.25, 0.3) is 0 Å². The number of benzene rings is 2. The van der Waals surface area contributed by atoms with Gasteiger partial charge in [0.2, 0.25) is 0 Å². The van der Waals surface area contributed by atoms with Crippen molar-refractivity contribution in [2.45, 2.75) is 6.92 Å². The molecule has 2 aromatic rings. The monoisotopic (exact) mass is 286 g/mol. The largest absolute Gasteiger partial charge is 0.496 e. The van der Waals surface area contributed by atoms with Gasteiger partial charge >= 0.3 is 6.03 Å². The SMILES string of the molecule is COc1cc(NC(=O)Nc2ccccc2)c(OC)cc1C. The molecule has 0 unspecified atom stereocenters. The Morgan fingerprint density at radius 2 is 1.62 bits per heavy atom.